The Morgan fingerprint density at radius 3 is 2.67 bits per heavy atom. The Morgan fingerprint density at radius 2 is 2.05 bits per heavy atom. The number of nitrogens with one attached hydrogen (secondary N) is 1. The molecule has 0 unspecified atom stereocenters. The van der Waals surface area contributed by atoms with Gasteiger partial charge in [-0.05, 0) is 43.6 Å². The number of rotatable bonds is 5. The third kappa shape index (κ3) is 4.49. The number of nitrogens with zero attached hydrogens (tertiary/aromatic N) is 1. The Bertz CT molecular complexity index is 467. The van der Waals surface area contributed by atoms with E-state index in [-0.39, 0.29) is 18.7 Å². The van der Waals surface area contributed by atoms with Gasteiger partial charge in [0.15, 0.2) is 0 Å². The molecule has 0 atom stereocenters. The number of carbonyl (C=O) groups excluding carboxylic acids is 1. The van der Waals surface area contributed by atoms with Crippen molar-refractivity contribution in [1.29, 1.82) is 0 Å². The molecule has 0 aliphatic carbocycles. The maximum Gasteiger partial charge on any atom is 0.410 e. The van der Waals surface area contributed by atoms with Crippen molar-refractivity contribution < 1.29 is 9.53 Å². The predicted octanol–water partition coefficient (Wildman–Crippen LogP) is 2.15. The molecule has 1 amide bonds. The second-order valence-electron chi connectivity index (χ2n) is 5.22. The number of ether oxygens (including phenoxy) is 1. The van der Waals surface area contributed by atoms with Gasteiger partial charge in [0.25, 0.3) is 0 Å². The van der Waals surface area contributed by atoms with Gasteiger partial charge < -0.3 is 20.7 Å². The van der Waals surface area contributed by atoms with Gasteiger partial charge >= 0.3 is 6.09 Å². The summed E-state index contributed by atoms with van der Waals surface area (Å²) in [5.74, 6) is 0. The summed E-state index contributed by atoms with van der Waals surface area (Å²) < 4.78 is 5.41. The molecule has 1 aliphatic rings. The van der Waals surface area contributed by atoms with Crippen LogP contribution in [0.2, 0.25) is 0 Å². The van der Waals surface area contributed by atoms with Crippen LogP contribution in [0.15, 0.2) is 36.9 Å². The highest BCUT2D eigenvalue weighted by atomic mass is 16.6. The van der Waals surface area contributed by atoms with E-state index in [0.29, 0.717) is 12.2 Å². The molecule has 0 bridgehead atoms. The first kappa shape index (κ1) is 15.4. The minimum Gasteiger partial charge on any atom is -0.445 e. The summed E-state index contributed by atoms with van der Waals surface area (Å²) in [5, 5.41) is 3.30. The van der Waals surface area contributed by atoms with Crippen molar-refractivity contribution >= 4 is 11.8 Å². The molecule has 0 saturated carbocycles. The molecule has 5 nitrogen and oxygen atoms in total. The van der Waals surface area contributed by atoms with E-state index in [2.05, 4.69) is 11.9 Å². The Kier molecular flexibility index (Phi) is 5.63. The molecule has 3 N–H and O–H groups in total. The average Bonchev–Trinajstić information content (AvgIpc) is 2.52. The lowest BCUT2D eigenvalue weighted by atomic mass is 10.1. The summed E-state index contributed by atoms with van der Waals surface area (Å²) in [6.07, 6.45) is 3.36. The molecule has 2 rings (SSSR count). The lowest BCUT2D eigenvalue weighted by Crippen LogP contribution is -2.46. The average molecular weight is 289 g/mol. The number of benzene rings is 1. The van der Waals surface area contributed by atoms with E-state index < -0.39 is 0 Å². The maximum atomic E-state index is 12.3. The van der Waals surface area contributed by atoms with E-state index >= 15 is 0 Å². The third-order valence-electron chi connectivity index (χ3n) is 3.65. The maximum absolute atomic E-state index is 12.3. The number of piperidine rings is 1. The first-order chi connectivity index (χ1) is 10.2. The summed E-state index contributed by atoms with van der Waals surface area (Å²) in [6, 6.07) is 7.56. The topological polar surface area (TPSA) is 67.6 Å². The molecule has 1 heterocycles. The molecule has 0 radical (unpaired) electrons. The van der Waals surface area contributed by atoms with Crippen molar-refractivity contribution in [2.75, 3.05) is 25.4 Å². The molecule has 5 heteroatoms. The largest absolute Gasteiger partial charge is 0.445 e. The number of nitrogen functional groups attached to an aromatic ring is 1. The van der Waals surface area contributed by atoms with Crippen molar-refractivity contribution in [3.05, 3.63) is 42.5 Å². The number of amides is 1. The van der Waals surface area contributed by atoms with Gasteiger partial charge in [0.1, 0.15) is 6.61 Å². The van der Waals surface area contributed by atoms with Crippen LogP contribution in [0.1, 0.15) is 18.4 Å². The fraction of sp³-hybridized carbons (Fsp3) is 0.438. The van der Waals surface area contributed by atoms with Crippen molar-refractivity contribution in [2.24, 2.45) is 0 Å². The van der Waals surface area contributed by atoms with Crippen LogP contribution in [0.5, 0.6) is 0 Å². The predicted molar refractivity (Wildman–Crippen MR) is 83.8 cm³/mol. The zero-order chi connectivity index (χ0) is 15.1. The van der Waals surface area contributed by atoms with Crippen molar-refractivity contribution in [3.8, 4) is 0 Å². The van der Waals surface area contributed by atoms with Gasteiger partial charge in [-0.1, -0.05) is 18.2 Å². The molecule has 0 spiro atoms. The molecule has 21 heavy (non-hydrogen) atoms. The SMILES string of the molecule is C=CCN(C(=O)OCc1ccc(N)cc1)C1CCNCC1. The number of hydrogen-bond acceptors (Lipinski definition) is 4. The summed E-state index contributed by atoms with van der Waals surface area (Å²) in [7, 11) is 0. The van der Waals surface area contributed by atoms with E-state index in [9.17, 15) is 4.79 Å². The fourth-order valence-electron chi connectivity index (χ4n) is 2.47. The summed E-state index contributed by atoms with van der Waals surface area (Å²) in [6.45, 7) is 6.38. The highest BCUT2D eigenvalue weighted by Crippen LogP contribution is 2.14. The van der Waals surface area contributed by atoms with Crippen molar-refractivity contribution in [3.63, 3.8) is 0 Å². The van der Waals surface area contributed by atoms with Crippen molar-refractivity contribution in [1.82, 2.24) is 10.2 Å². The summed E-state index contributed by atoms with van der Waals surface area (Å²) >= 11 is 0. The van der Waals surface area contributed by atoms with E-state index in [0.717, 1.165) is 31.5 Å². The zero-order valence-corrected chi connectivity index (χ0v) is 12.3. The third-order valence-corrected chi connectivity index (χ3v) is 3.65. The normalized spacial score (nSPS) is 15.4. The molecular weight excluding hydrogens is 266 g/mol. The van der Waals surface area contributed by atoms with Gasteiger partial charge in [-0.3, -0.25) is 0 Å². The van der Waals surface area contributed by atoms with Crippen LogP contribution in [-0.4, -0.2) is 36.7 Å². The Hall–Kier alpha value is -2.01. The van der Waals surface area contributed by atoms with Gasteiger partial charge in [-0.25, -0.2) is 4.79 Å². The van der Waals surface area contributed by atoms with Crippen LogP contribution >= 0.6 is 0 Å². The molecule has 1 aliphatic heterocycles. The Labute approximate surface area is 125 Å². The van der Waals surface area contributed by atoms with E-state index in [1.165, 1.54) is 0 Å². The number of carbonyl (C=O) groups is 1. The highest BCUT2D eigenvalue weighted by molar-refractivity contribution is 5.68. The second kappa shape index (κ2) is 7.69. The first-order valence-electron chi connectivity index (χ1n) is 7.30. The Morgan fingerprint density at radius 1 is 1.38 bits per heavy atom. The van der Waals surface area contributed by atoms with Crippen LogP contribution in [0.4, 0.5) is 10.5 Å². The van der Waals surface area contributed by atoms with Gasteiger partial charge in [0.2, 0.25) is 0 Å². The molecular formula is C16H23N3O2. The van der Waals surface area contributed by atoms with E-state index in [4.69, 9.17) is 10.5 Å². The lowest BCUT2D eigenvalue weighted by molar-refractivity contribution is 0.0787. The number of hydrogen-bond donors (Lipinski definition) is 2. The quantitative estimate of drug-likeness (QED) is 0.644. The zero-order valence-electron chi connectivity index (χ0n) is 12.3. The molecule has 1 fully saturated rings. The van der Waals surface area contributed by atoms with E-state index in [1.807, 2.05) is 12.1 Å². The first-order valence-corrected chi connectivity index (χ1v) is 7.30. The molecule has 1 aromatic rings. The van der Waals surface area contributed by atoms with Gasteiger partial charge in [-0.2, -0.15) is 0 Å². The minimum atomic E-state index is -0.279. The summed E-state index contributed by atoms with van der Waals surface area (Å²) in [5.41, 5.74) is 7.27. The minimum absolute atomic E-state index is 0.225. The van der Waals surface area contributed by atoms with Crippen LogP contribution in [0.3, 0.4) is 0 Å². The lowest BCUT2D eigenvalue weighted by Gasteiger charge is -2.33. The molecule has 0 aromatic heterocycles. The monoisotopic (exact) mass is 289 g/mol. The smallest absolute Gasteiger partial charge is 0.410 e. The molecule has 114 valence electrons. The van der Waals surface area contributed by atoms with E-state index in [1.54, 1.807) is 23.1 Å². The van der Waals surface area contributed by atoms with Crippen LogP contribution in [-0.2, 0) is 11.3 Å². The standard InChI is InChI=1S/C16H23N3O2/c1-2-11-19(15-7-9-18-10-8-15)16(20)21-12-13-3-5-14(17)6-4-13/h2-6,15,18H,1,7-12,17H2. The summed E-state index contributed by atoms with van der Waals surface area (Å²) in [4.78, 5) is 14.1. The van der Waals surface area contributed by atoms with Crippen molar-refractivity contribution in [2.45, 2.75) is 25.5 Å². The fourth-order valence-corrected chi connectivity index (χ4v) is 2.47. The number of nitrogens with two attached hydrogens (primary N) is 1. The van der Waals surface area contributed by atoms with Crippen LogP contribution in [0, 0.1) is 0 Å². The molecule has 1 aromatic carbocycles. The van der Waals surface area contributed by atoms with Crippen LogP contribution in [0.25, 0.3) is 0 Å². The highest BCUT2D eigenvalue weighted by Gasteiger charge is 2.25. The number of anilines is 1. The van der Waals surface area contributed by atoms with Gasteiger partial charge in [-0.15, -0.1) is 6.58 Å². The Balaban J connectivity index is 1.91. The van der Waals surface area contributed by atoms with Gasteiger partial charge in [0, 0.05) is 18.3 Å². The van der Waals surface area contributed by atoms with Crippen LogP contribution < -0.4 is 11.1 Å². The van der Waals surface area contributed by atoms with Gasteiger partial charge in [0.05, 0.1) is 0 Å². The molecule has 1 saturated heterocycles. The second-order valence-corrected chi connectivity index (χ2v) is 5.22.